The number of benzene rings is 2. The maximum atomic E-state index is 11.1. The monoisotopic (exact) mass is 676 g/mol. The Labute approximate surface area is 295 Å². The zero-order valence-corrected chi connectivity index (χ0v) is 31.8. The Morgan fingerprint density at radius 3 is 2.14 bits per heavy atom. The van der Waals surface area contributed by atoms with E-state index in [0.29, 0.717) is 5.75 Å². The van der Waals surface area contributed by atoms with Crippen molar-refractivity contribution in [2.24, 2.45) is 17.8 Å². The normalized spacial score (nSPS) is 17.4. The van der Waals surface area contributed by atoms with Crippen LogP contribution in [0.25, 0.3) is 10.9 Å². The number of carbonyl (C=O) groups excluding carboxylic acids is 1. The van der Waals surface area contributed by atoms with E-state index in [1.807, 2.05) is 38.1 Å². The summed E-state index contributed by atoms with van der Waals surface area (Å²) in [6, 6.07) is 6.75. The van der Waals surface area contributed by atoms with Crippen molar-refractivity contribution < 1.29 is 24.5 Å². The molecule has 1 amide bonds. The van der Waals surface area contributed by atoms with Crippen molar-refractivity contribution in [2.75, 3.05) is 0 Å². The summed E-state index contributed by atoms with van der Waals surface area (Å²) < 4.78 is 6.60. The lowest BCUT2D eigenvalue weighted by atomic mass is 9.84. The van der Waals surface area contributed by atoms with Crippen LogP contribution in [-0.4, -0.2) is 38.7 Å². The number of carbonyl (C=O) groups is 2. The van der Waals surface area contributed by atoms with E-state index in [9.17, 15) is 14.7 Å². The summed E-state index contributed by atoms with van der Waals surface area (Å²) in [5, 5.41) is 22.9. The number of rotatable bonds is 16. The van der Waals surface area contributed by atoms with Crippen molar-refractivity contribution in [3.05, 3.63) is 58.3 Å². The highest BCUT2D eigenvalue weighted by Gasteiger charge is 2.34. The largest absolute Gasteiger partial charge is 0.507 e. The van der Waals surface area contributed by atoms with E-state index in [1.54, 1.807) is 6.20 Å². The summed E-state index contributed by atoms with van der Waals surface area (Å²) in [5.74, 6) is 2.66. The molecule has 4 rings (SSSR count). The molecule has 0 saturated heterocycles. The molecule has 7 heteroatoms. The first-order valence-corrected chi connectivity index (χ1v) is 18.7. The lowest BCUT2D eigenvalue weighted by Crippen LogP contribution is -2.41. The maximum Gasteiger partial charge on any atom is 0.326 e. The Hall–Kier alpha value is -3.48. The van der Waals surface area contributed by atoms with Crippen molar-refractivity contribution in [2.45, 2.75) is 151 Å². The third kappa shape index (κ3) is 11.8. The number of carboxylic acids is 1. The SMILES string of the molecule is CC(=O)NC(Cc1c[nH]c2ccccc12)C(=O)O.Cc1c(C)c2c(c(C)c1O)CC[C@@](C)(CCCC(C)CCCC(C)CCCC(C)C)O2. The molecular formula is C42H64N2O5. The number of aromatic hydroxyl groups is 1. The average Bonchev–Trinajstić information content (AvgIpc) is 3.45. The molecule has 1 aliphatic heterocycles. The molecule has 4 N–H and O–H groups in total. The van der Waals surface area contributed by atoms with Gasteiger partial charge >= 0.3 is 5.97 Å². The van der Waals surface area contributed by atoms with Gasteiger partial charge in [-0.1, -0.05) is 90.8 Å². The van der Waals surface area contributed by atoms with Gasteiger partial charge in [0.25, 0.3) is 0 Å². The predicted molar refractivity (Wildman–Crippen MR) is 202 cm³/mol. The van der Waals surface area contributed by atoms with Crippen LogP contribution in [0.4, 0.5) is 0 Å². The summed E-state index contributed by atoms with van der Waals surface area (Å²) in [6.07, 6.45) is 16.1. The van der Waals surface area contributed by atoms with E-state index in [2.05, 4.69) is 51.8 Å². The van der Waals surface area contributed by atoms with Gasteiger partial charge in [0.15, 0.2) is 0 Å². The fraction of sp³-hybridized carbons (Fsp3) is 0.619. The minimum Gasteiger partial charge on any atom is -0.507 e. The molecule has 2 aromatic carbocycles. The zero-order chi connectivity index (χ0) is 36.3. The Kier molecular flexibility index (Phi) is 15.1. The molecule has 0 aliphatic carbocycles. The third-order valence-corrected chi connectivity index (χ3v) is 10.6. The number of amides is 1. The van der Waals surface area contributed by atoms with Gasteiger partial charge in [-0.05, 0) is 99.5 Å². The van der Waals surface area contributed by atoms with Crippen LogP contribution in [0.15, 0.2) is 30.5 Å². The van der Waals surface area contributed by atoms with Gasteiger partial charge in [-0.15, -0.1) is 0 Å². The number of phenolic OH excluding ortho intramolecular Hbond substituents is 1. The third-order valence-electron chi connectivity index (χ3n) is 10.6. The molecule has 3 aromatic rings. The highest BCUT2D eigenvalue weighted by molar-refractivity contribution is 5.86. The van der Waals surface area contributed by atoms with Crippen LogP contribution in [-0.2, 0) is 22.4 Å². The van der Waals surface area contributed by atoms with E-state index >= 15 is 0 Å². The molecule has 0 saturated carbocycles. The first kappa shape index (κ1) is 40.0. The summed E-state index contributed by atoms with van der Waals surface area (Å²) in [4.78, 5) is 25.1. The molecule has 0 fully saturated rings. The van der Waals surface area contributed by atoms with E-state index < -0.39 is 12.0 Å². The first-order valence-electron chi connectivity index (χ1n) is 18.7. The van der Waals surface area contributed by atoms with Gasteiger partial charge in [0.2, 0.25) is 5.91 Å². The second kappa shape index (κ2) is 18.5. The maximum absolute atomic E-state index is 11.1. The number of phenols is 1. The van der Waals surface area contributed by atoms with Crippen molar-refractivity contribution in [3.63, 3.8) is 0 Å². The molecule has 0 bridgehead atoms. The summed E-state index contributed by atoms with van der Waals surface area (Å²) in [7, 11) is 0. The molecule has 1 aromatic heterocycles. The highest BCUT2D eigenvalue weighted by atomic mass is 16.5. The fourth-order valence-corrected chi connectivity index (χ4v) is 7.24. The Morgan fingerprint density at radius 2 is 1.53 bits per heavy atom. The van der Waals surface area contributed by atoms with E-state index in [0.717, 1.165) is 75.9 Å². The van der Waals surface area contributed by atoms with Crippen molar-refractivity contribution in [1.29, 1.82) is 0 Å². The number of aromatic amines is 1. The standard InChI is InChI=1S/C29H50O2.C13H14N2O3/c1-20(2)12-9-13-21(3)14-10-15-22(4)16-11-18-29(8)19-17-26-25(7)27(30)23(5)24(6)28(26)31-29;1-8(16)15-12(13(17)18)6-9-7-14-11-5-3-2-4-10(9)11/h20-22,30H,9-19H2,1-8H3;2-5,7,12,14H,6H2,1H3,(H,15,16)(H,17,18)/t21?,22?,29-;/m1./s1. The summed E-state index contributed by atoms with van der Waals surface area (Å²) in [5.41, 5.74) is 6.07. The van der Waals surface area contributed by atoms with Crippen LogP contribution in [0.3, 0.4) is 0 Å². The minimum atomic E-state index is -1.03. The Bertz CT molecular complexity index is 1520. The van der Waals surface area contributed by atoms with E-state index in [4.69, 9.17) is 9.84 Å². The second-order valence-corrected chi connectivity index (χ2v) is 15.6. The molecule has 3 unspecified atom stereocenters. The molecule has 0 radical (unpaired) electrons. The molecule has 7 nitrogen and oxygen atoms in total. The minimum absolute atomic E-state index is 0.0712. The van der Waals surface area contributed by atoms with Crippen molar-refractivity contribution >= 4 is 22.8 Å². The van der Waals surface area contributed by atoms with E-state index in [-0.39, 0.29) is 17.9 Å². The van der Waals surface area contributed by atoms with Crippen molar-refractivity contribution in [1.82, 2.24) is 10.3 Å². The number of aromatic nitrogens is 1. The van der Waals surface area contributed by atoms with Gasteiger partial charge in [-0.3, -0.25) is 4.79 Å². The number of nitrogens with one attached hydrogen (secondary N) is 2. The number of ether oxygens (including phenoxy) is 1. The van der Waals surface area contributed by atoms with Crippen LogP contribution in [0.2, 0.25) is 0 Å². The number of aliphatic carboxylic acids is 1. The van der Waals surface area contributed by atoms with Crippen LogP contribution in [0, 0.1) is 38.5 Å². The van der Waals surface area contributed by atoms with Crippen LogP contribution in [0.5, 0.6) is 11.5 Å². The zero-order valence-electron chi connectivity index (χ0n) is 31.8. The number of hydrogen-bond acceptors (Lipinski definition) is 4. The molecule has 272 valence electrons. The number of fused-ring (bicyclic) bond motifs is 2. The lowest BCUT2D eigenvalue weighted by Gasteiger charge is -2.38. The number of para-hydroxylation sites is 1. The van der Waals surface area contributed by atoms with Crippen LogP contribution in [0.1, 0.15) is 134 Å². The number of hydrogen-bond donors (Lipinski definition) is 4. The van der Waals surface area contributed by atoms with Crippen molar-refractivity contribution in [3.8, 4) is 11.5 Å². The molecule has 4 atom stereocenters. The second-order valence-electron chi connectivity index (χ2n) is 15.6. The topological polar surface area (TPSA) is 112 Å². The number of H-pyrrole nitrogens is 1. The molecule has 2 heterocycles. The van der Waals surface area contributed by atoms with Crippen LogP contribution >= 0.6 is 0 Å². The quantitative estimate of drug-likeness (QED) is 0.121. The van der Waals surface area contributed by atoms with Gasteiger partial charge in [0.1, 0.15) is 23.1 Å². The van der Waals surface area contributed by atoms with Gasteiger partial charge in [-0.25, -0.2) is 4.79 Å². The van der Waals surface area contributed by atoms with Gasteiger partial charge in [0, 0.05) is 36.0 Å². The van der Waals surface area contributed by atoms with Gasteiger partial charge in [0.05, 0.1) is 0 Å². The summed E-state index contributed by atoms with van der Waals surface area (Å²) >= 11 is 0. The molecular weight excluding hydrogens is 612 g/mol. The smallest absolute Gasteiger partial charge is 0.326 e. The average molecular weight is 677 g/mol. The lowest BCUT2D eigenvalue weighted by molar-refractivity contribution is -0.141. The molecule has 1 aliphatic rings. The Morgan fingerprint density at radius 1 is 0.918 bits per heavy atom. The van der Waals surface area contributed by atoms with Gasteiger partial charge < -0.3 is 25.3 Å². The Balaban J connectivity index is 0.000000305. The highest BCUT2D eigenvalue weighted by Crippen LogP contribution is 2.44. The number of carboxylic acid groups (broad SMARTS) is 1. The van der Waals surface area contributed by atoms with Gasteiger partial charge in [-0.2, -0.15) is 0 Å². The molecule has 49 heavy (non-hydrogen) atoms. The molecule has 0 spiro atoms. The fourth-order valence-electron chi connectivity index (χ4n) is 7.24. The van der Waals surface area contributed by atoms with Crippen LogP contribution < -0.4 is 10.1 Å². The summed E-state index contributed by atoms with van der Waals surface area (Å²) in [6.45, 7) is 19.2. The first-order chi connectivity index (χ1) is 23.1. The van der Waals surface area contributed by atoms with E-state index in [1.165, 1.54) is 63.9 Å². The predicted octanol–water partition coefficient (Wildman–Crippen LogP) is 10.1.